The Hall–Kier alpha value is -0.570. The van der Waals surface area contributed by atoms with Gasteiger partial charge in [-0.3, -0.25) is 4.79 Å². The van der Waals surface area contributed by atoms with Crippen LogP contribution >= 0.6 is 0 Å². The van der Waals surface area contributed by atoms with E-state index in [4.69, 9.17) is 5.11 Å². The molecule has 3 heteroatoms. The van der Waals surface area contributed by atoms with E-state index in [0.717, 1.165) is 18.9 Å². The molecule has 2 fully saturated rings. The number of aliphatic hydroxyl groups excluding tert-OH is 1. The average molecular weight is 183 g/mol. The highest BCUT2D eigenvalue weighted by Gasteiger charge is 2.40. The molecule has 2 unspecified atom stereocenters. The monoisotopic (exact) mass is 183 g/mol. The lowest BCUT2D eigenvalue weighted by molar-refractivity contribution is -0.130. The quantitative estimate of drug-likeness (QED) is 0.691. The predicted molar refractivity (Wildman–Crippen MR) is 49.0 cm³/mol. The number of amides is 1. The molecular formula is C10H17NO2. The van der Waals surface area contributed by atoms with Crippen LogP contribution in [0.2, 0.25) is 0 Å². The van der Waals surface area contributed by atoms with Crippen LogP contribution in [-0.2, 0) is 4.79 Å². The van der Waals surface area contributed by atoms with Gasteiger partial charge in [0.05, 0.1) is 0 Å². The van der Waals surface area contributed by atoms with Crippen molar-refractivity contribution in [2.24, 2.45) is 17.8 Å². The molecule has 1 amide bonds. The fourth-order valence-electron chi connectivity index (χ4n) is 2.24. The summed E-state index contributed by atoms with van der Waals surface area (Å²) in [5.41, 5.74) is 0. The topological polar surface area (TPSA) is 40.5 Å². The fraction of sp³-hybridized carbons (Fsp3) is 0.900. The maximum absolute atomic E-state index is 11.7. The third-order valence-corrected chi connectivity index (χ3v) is 3.29. The van der Waals surface area contributed by atoms with E-state index in [0.29, 0.717) is 0 Å². The smallest absolute Gasteiger partial charge is 0.225 e. The normalized spacial score (nSPS) is 34.3. The van der Waals surface area contributed by atoms with E-state index in [1.54, 1.807) is 4.90 Å². The van der Waals surface area contributed by atoms with Gasteiger partial charge >= 0.3 is 0 Å². The Labute approximate surface area is 78.7 Å². The van der Waals surface area contributed by atoms with E-state index in [2.05, 4.69) is 0 Å². The van der Waals surface area contributed by atoms with Crippen molar-refractivity contribution >= 4 is 5.91 Å². The summed E-state index contributed by atoms with van der Waals surface area (Å²) in [7, 11) is 1.83. The van der Waals surface area contributed by atoms with Crippen molar-refractivity contribution in [3.63, 3.8) is 0 Å². The predicted octanol–water partition coefficient (Wildman–Crippen LogP) is 0.483. The zero-order valence-electron chi connectivity index (χ0n) is 8.07. The molecule has 2 atom stereocenters. The molecule has 3 nitrogen and oxygen atoms in total. The third kappa shape index (κ3) is 1.70. The highest BCUT2D eigenvalue weighted by atomic mass is 16.3. The summed E-state index contributed by atoms with van der Waals surface area (Å²) in [4.78, 5) is 13.4. The van der Waals surface area contributed by atoms with E-state index in [-0.39, 0.29) is 24.3 Å². The van der Waals surface area contributed by atoms with Crippen LogP contribution in [0.1, 0.15) is 19.3 Å². The Morgan fingerprint density at radius 2 is 2.23 bits per heavy atom. The van der Waals surface area contributed by atoms with Crippen molar-refractivity contribution in [2.45, 2.75) is 19.3 Å². The van der Waals surface area contributed by atoms with Crippen LogP contribution in [0.4, 0.5) is 0 Å². The second-order valence-corrected chi connectivity index (χ2v) is 4.45. The van der Waals surface area contributed by atoms with Crippen LogP contribution in [-0.4, -0.2) is 36.1 Å². The fourth-order valence-corrected chi connectivity index (χ4v) is 2.24. The second-order valence-electron chi connectivity index (χ2n) is 4.45. The van der Waals surface area contributed by atoms with E-state index in [9.17, 15) is 4.79 Å². The van der Waals surface area contributed by atoms with Crippen LogP contribution in [0.25, 0.3) is 0 Å². The van der Waals surface area contributed by atoms with Gasteiger partial charge in [-0.1, -0.05) is 12.8 Å². The molecular weight excluding hydrogens is 166 g/mol. The molecule has 1 aliphatic carbocycles. The van der Waals surface area contributed by atoms with E-state index in [1.165, 1.54) is 12.8 Å². The van der Waals surface area contributed by atoms with Crippen molar-refractivity contribution in [1.29, 1.82) is 0 Å². The number of hydrogen-bond donors (Lipinski definition) is 1. The first-order chi connectivity index (χ1) is 6.22. The minimum absolute atomic E-state index is 0.113. The highest BCUT2D eigenvalue weighted by Crippen LogP contribution is 2.39. The zero-order chi connectivity index (χ0) is 9.42. The number of carbonyl (C=O) groups excluding carboxylic acids is 1. The summed E-state index contributed by atoms with van der Waals surface area (Å²) in [5.74, 6) is 1.32. The highest BCUT2D eigenvalue weighted by molar-refractivity contribution is 5.81. The van der Waals surface area contributed by atoms with Crippen LogP contribution in [0, 0.1) is 17.8 Å². The van der Waals surface area contributed by atoms with Crippen LogP contribution in [0.5, 0.6) is 0 Å². The molecule has 74 valence electrons. The first-order valence-electron chi connectivity index (χ1n) is 5.08. The molecule has 2 aliphatic rings. The Morgan fingerprint density at radius 1 is 1.54 bits per heavy atom. The molecule has 1 aliphatic heterocycles. The summed E-state index contributed by atoms with van der Waals surface area (Å²) < 4.78 is 0. The van der Waals surface area contributed by atoms with Gasteiger partial charge in [-0.25, -0.2) is 0 Å². The van der Waals surface area contributed by atoms with Gasteiger partial charge in [0.1, 0.15) is 0 Å². The SMILES string of the molecule is CN1CC(CO)C(CC2CC2)C1=O. The minimum atomic E-state index is 0.113. The van der Waals surface area contributed by atoms with E-state index >= 15 is 0 Å². The number of rotatable bonds is 3. The Morgan fingerprint density at radius 3 is 2.77 bits per heavy atom. The summed E-state index contributed by atoms with van der Waals surface area (Å²) in [5, 5.41) is 9.13. The van der Waals surface area contributed by atoms with Crippen molar-refractivity contribution in [1.82, 2.24) is 4.90 Å². The Balaban J connectivity index is 1.99. The van der Waals surface area contributed by atoms with Gasteiger partial charge < -0.3 is 10.0 Å². The van der Waals surface area contributed by atoms with Crippen molar-refractivity contribution in [3.05, 3.63) is 0 Å². The lowest BCUT2D eigenvalue weighted by Crippen LogP contribution is -2.23. The van der Waals surface area contributed by atoms with Gasteiger partial charge in [-0.15, -0.1) is 0 Å². The number of nitrogens with zero attached hydrogens (tertiary/aromatic N) is 1. The number of likely N-dealkylation sites (tertiary alicyclic amines) is 1. The summed E-state index contributed by atoms with van der Waals surface area (Å²) >= 11 is 0. The third-order valence-electron chi connectivity index (χ3n) is 3.29. The molecule has 1 saturated heterocycles. The summed E-state index contributed by atoms with van der Waals surface area (Å²) in [6.45, 7) is 0.903. The molecule has 0 radical (unpaired) electrons. The van der Waals surface area contributed by atoms with Gasteiger partial charge in [0.25, 0.3) is 0 Å². The van der Waals surface area contributed by atoms with E-state index in [1.807, 2.05) is 7.05 Å². The average Bonchev–Trinajstić information content (AvgIpc) is 2.88. The van der Waals surface area contributed by atoms with Gasteiger partial charge in [-0.05, 0) is 12.3 Å². The standard InChI is InChI=1S/C10H17NO2/c1-11-5-8(6-12)9(10(11)13)4-7-2-3-7/h7-9,12H,2-6H2,1H3. The molecule has 0 spiro atoms. The molecule has 1 N–H and O–H groups in total. The first kappa shape index (κ1) is 9.00. The van der Waals surface area contributed by atoms with Crippen LogP contribution in [0.3, 0.4) is 0 Å². The number of carbonyl (C=O) groups is 1. The summed E-state index contributed by atoms with van der Waals surface area (Å²) in [6.07, 6.45) is 3.58. The molecule has 0 aromatic rings. The maximum atomic E-state index is 11.7. The number of aliphatic hydroxyl groups is 1. The van der Waals surface area contributed by atoms with Crippen LogP contribution in [0.15, 0.2) is 0 Å². The van der Waals surface area contributed by atoms with Gasteiger partial charge in [0.2, 0.25) is 5.91 Å². The second kappa shape index (κ2) is 3.29. The van der Waals surface area contributed by atoms with E-state index < -0.39 is 0 Å². The molecule has 0 bridgehead atoms. The van der Waals surface area contributed by atoms with Crippen LogP contribution < -0.4 is 0 Å². The molecule has 0 aromatic carbocycles. The molecule has 1 saturated carbocycles. The van der Waals surface area contributed by atoms with Crippen molar-refractivity contribution in [3.8, 4) is 0 Å². The molecule has 0 aromatic heterocycles. The number of hydrogen-bond acceptors (Lipinski definition) is 2. The van der Waals surface area contributed by atoms with Crippen molar-refractivity contribution < 1.29 is 9.90 Å². The van der Waals surface area contributed by atoms with Gasteiger partial charge in [0, 0.05) is 32.0 Å². The largest absolute Gasteiger partial charge is 0.396 e. The van der Waals surface area contributed by atoms with Gasteiger partial charge in [-0.2, -0.15) is 0 Å². The maximum Gasteiger partial charge on any atom is 0.225 e. The zero-order valence-corrected chi connectivity index (χ0v) is 8.07. The van der Waals surface area contributed by atoms with Gasteiger partial charge in [0.15, 0.2) is 0 Å². The first-order valence-corrected chi connectivity index (χ1v) is 5.08. The van der Waals surface area contributed by atoms with Crippen molar-refractivity contribution in [2.75, 3.05) is 20.2 Å². The summed E-state index contributed by atoms with van der Waals surface area (Å²) in [6, 6.07) is 0. The molecule has 2 rings (SSSR count). The molecule has 13 heavy (non-hydrogen) atoms. The Kier molecular flexibility index (Phi) is 2.28. The molecule has 1 heterocycles. The Bertz CT molecular complexity index is 213. The lowest BCUT2D eigenvalue weighted by atomic mass is 9.91. The lowest BCUT2D eigenvalue weighted by Gasteiger charge is -2.12. The minimum Gasteiger partial charge on any atom is -0.396 e.